The number of aromatic nitrogens is 1. The molecule has 0 saturated carbocycles. The number of nitrogens with two attached hydrogens (primary N) is 1. The van der Waals surface area contributed by atoms with Gasteiger partial charge < -0.3 is 10.5 Å². The van der Waals surface area contributed by atoms with Crippen molar-refractivity contribution in [1.29, 1.82) is 0 Å². The molecular formula is C6H7BrN2OS. The Balaban J connectivity index is 3.02. The Morgan fingerprint density at radius 1 is 1.82 bits per heavy atom. The summed E-state index contributed by atoms with van der Waals surface area (Å²) in [5, 5.41) is 0.504. The smallest absolute Gasteiger partial charge is 0.180 e. The molecule has 1 aromatic heterocycles. The molecule has 11 heavy (non-hydrogen) atoms. The van der Waals surface area contributed by atoms with Crippen LogP contribution in [-0.4, -0.2) is 11.3 Å². The number of anilines is 1. The molecule has 60 valence electrons. The van der Waals surface area contributed by atoms with Crippen LogP contribution >= 0.6 is 27.3 Å². The quantitative estimate of drug-likeness (QED) is 0.626. The molecule has 0 amide bonds. The second kappa shape index (κ2) is 3.32. The van der Waals surface area contributed by atoms with Gasteiger partial charge in [-0.05, 0) is 6.92 Å². The Hall–Kier alpha value is -0.420. The lowest BCUT2D eigenvalue weighted by Crippen LogP contribution is -1.88. The van der Waals surface area contributed by atoms with Crippen LogP contribution in [0.5, 0.6) is 0 Å². The molecule has 0 fully saturated rings. The minimum absolute atomic E-state index is 0.266. The van der Waals surface area contributed by atoms with Gasteiger partial charge in [-0.15, -0.1) is 11.3 Å². The number of carbonyl (C=O) groups excluding carboxylic acids is 1. The van der Waals surface area contributed by atoms with E-state index in [1.807, 2.05) is 6.92 Å². The van der Waals surface area contributed by atoms with Gasteiger partial charge in [0.05, 0.1) is 10.6 Å². The minimum Gasteiger partial charge on any atom is -0.375 e. The van der Waals surface area contributed by atoms with Crippen LogP contribution < -0.4 is 5.73 Å². The lowest BCUT2D eigenvalue weighted by atomic mass is 10.3. The summed E-state index contributed by atoms with van der Waals surface area (Å²) in [7, 11) is 0. The van der Waals surface area contributed by atoms with E-state index in [4.69, 9.17) is 5.73 Å². The van der Waals surface area contributed by atoms with Crippen molar-refractivity contribution in [3.63, 3.8) is 0 Å². The highest BCUT2D eigenvalue weighted by atomic mass is 79.9. The standard InChI is InChI=1S/C6H7BrN2OS/c1-3-5(4(7)2-10)11-6(8)9-3/h2,4H,1H3,(H2,8,9). The zero-order chi connectivity index (χ0) is 8.43. The van der Waals surface area contributed by atoms with Crippen LogP contribution in [0.3, 0.4) is 0 Å². The van der Waals surface area contributed by atoms with Crippen molar-refractivity contribution < 1.29 is 4.79 Å². The number of rotatable bonds is 2. The summed E-state index contributed by atoms with van der Waals surface area (Å²) >= 11 is 4.53. The lowest BCUT2D eigenvalue weighted by Gasteiger charge is -1.95. The fraction of sp³-hybridized carbons (Fsp3) is 0.333. The van der Waals surface area contributed by atoms with Crippen molar-refractivity contribution in [2.24, 2.45) is 0 Å². The molecule has 1 atom stereocenters. The summed E-state index contributed by atoms with van der Waals surface area (Å²) in [6.45, 7) is 1.83. The van der Waals surface area contributed by atoms with E-state index in [1.54, 1.807) is 0 Å². The van der Waals surface area contributed by atoms with E-state index in [0.717, 1.165) is 16.9 Å². The molecule has 0 spiro atoms. The van der Waals surface area contributed by atoms with Crippen molar-refractivity contribution in [2.45, 2.75) is 11.8 Å². The predicted molar refractivity (Wildman–Crippen MR) is 49.0 cm³/mol. The number of thiazole rings is 1. The van der Waals surface area contributed by atoms with Crippen LogP contribution in [0.15, 0.2) is 0 Å². The van der Waals surface area contributed by atoms with Gasteiger partial charge in [-0.25, -0.2) is 4.98 Å². The number of hydrogen-bond acceptors (Lipinski definition) is 4. The highest BCUT2D eigenvalue weighted by Gasteiger charge is 2.13. The van der Waals surface area contributed by atoms with E-state index in [2.05, 4.69) is 20.9 Å². The SMILES string of the molecule is Cc1nc(N)sc1C(Br)C=O. The number of halogens is 1. The predicted octanol–water partition coefficient (Wildman–Crippen LogP) is 1.67. The van der Waals surface area contributed by atoms with Crippen molar-refractivity contribution >= 4 is 38.7 Å². The average Bonchev–Trinajstić information content (AvgIpc) is 2.28. The van der Waals surface area contributed by atoms with Gasteiger partial charge in [0.25, 0.3) is 0 Å². The molecule has 1 unspecified atom stereocenters. The Morgan fingerprint density at radius 2 is 2.45 bits per heavy atom. The summed E-state index contributed by atoms with van der Waals surface area (Å²) in [6, 6.07) is 0. The topological polar surface area (TPSA) is 56.0 Å². The van der Waals surface area contributed by atoms with Crippen LogP contribution in [-0.2, 0) is 4.79 Å². The molecule has 0 radical (unpaired) electrons. The molecule has 0 aliphatic heterocycles. The number of aldehydes is 1. The monoisotopic (exact) mass is 234 g/mol. The van der Waals surface area contributed by atoms with E-state index in [9.17, 15) is 4.79 Å². The van der Waals surface area contributed by atoms with Gasteiger partial charge in [-0.1, -0.05) is 15.9 Å². The molecule has 1 rings (SSSR count). The number of alkyl halides is 1. The largest absolute Gasteiger partial charge is 0.375 e. The highest BCUT2D eigenvalue weighted by Crippen LogP contribution is 2.30. The van der Waals surface area contributed by atoms with Crippen LogP contribution in [0, 0.1) is 6.92 Å². The summed E-state index contributed by atoms with van der Waals surface area (Å²) in [5.41, 5.74) is 6.26. The Bertz CT molecular complexity index is 274. The zero-order valence-corrected chi connectivity index (χ0v) is 8.28. The Labute approximate surface area is 76.8 Å². The van der Waals surface area contributed by atoms with Crippen LogP contribution in [0.1, 0.15) is 15.4 Å². The lowest BCUT2D eigenvalue weighted by molar-refractivity contribution is -0.107. The van der Waals surface area contributed by atoms with Crippen molar-refractivity contribution in [3.05, 3.63) is 10.6 Å². The molecule has 0 bridgehead atoms. The molecule has 1 heterocycles. The van der Waals surface area contributed by atoms with Crippen LogP contribution in [0.25, 0.3) is 0 Å². The van der Waals surface area contributed by atoms with Gasteiger partial charge in [-0.3, -0.25) is 0 Å². The van der Waals surface area contributed by atoms with E-state index in [0.29, 0.717) is 5.13 Å². The molecular weight excluding hydrogens is 228 g/mol. The molecule has 0 aromatic carbocycles. The number of nitrogens with zero attached hydrogens (tertiary/aromatic N) is 1. The molecule has 0 saturated heterocycles. The second-order valence-electron chi connectivity index (χ2n) is 2.04. The first-order valence-electron chi connectivity index (χ1n) is 2.97. The molecule has 0 aliphatic rings. The molecule has 5 heteroatoms. The maximum absolute atomic E-state index is 10.4. The highest BCUT2D eigenvalue weighted by molar-refractivity contribution is 9.09. The minimum atomic E-state index is -0.266. The summed E-state index contributed by atoms with van der Waals surface area (Å²) in [6.07, 6.45) is 0.819. The Morgan fingerprint density at radius 3 is 2.82 bits per heavy atom. The van der Waals surface area contributed by atoms with Gasteiger partial charge in [-0.2, -0.15) is 0 Å². The van der Waals surface area contributed by atoms with E-state index < -0.39 is 0 Å². The van der Waals surface area contributed by atoms with Crippen molar-refractivity contribution in [3.8, 4) is 0 Å². The second-order valence-corrected chi connectivity index (χ2v) is 4.09. The van der Waals surface area contributed by atoms with Crippen molar-refractivity contribution in [1.82, 2.24) is 4.98 Å². The average molecular weight is 235 g/mol. The summed E-state index contributed by atoms with van der Waals surface area (Å²) < 4.78 is 0. The normalized spacial score (nSPS) is 12.9. The number of nitrogen functional groups attached to an aromatic ring is 1. The maximum atomic E-state index is 10.4. The molecule has 2 N–H and O–H groups in total. The fourth-order valence-corrected chi connectivity index (χ4v) is 2.13. The van der Waals surface area contributed by atoms with Gasteiger partial charge >= 0.3 is 0 Å². The van der Waals surface area contributed by atoms with Crippen molar-refractivity contribution in [2.75, 3.05) is 5.73 Å². The third kappa shape index (κ3) is 1.78. The van der Waals surface area contributed by atoms with E-state index in [-0.39, 0.29) is 4.83 Å². The number of hydrogen-bond donors (Lipinski definition) is 1. The van der Waals surface area contributed by atoms with E-state index >= 15 is 0 Å². The van der Waals surface area contributed by atoms with Crippen LogP contribution in [0.2, 0.25) is 0 Å². The zero-order valence-electron chi connectivity index (χ0n) is 5.87. The fourth-order valence-electron chi connectivity index (χ4n) is 0.747. The molecule has 1 aromatic rings. The van der Waals surface area contributed by atoms with E-state index in [1.165, 1.54) is 11.3 Å². The number of carbonyl (C=O) groups is 1. The van der Waals surface area contributed by atoms with Crippen LogP contribution in [0.4, 0.5) is 5.13 Å². The third-order valence-corrected chi connectivity index (χ3v) is 3.27. The molecule has 0 aliphatic carbocycles. The first-order valence-corrected chi connectivity index (χ1v) is 4.70. The summed E-state index contributed by atoms with van der Waals surface area (Å²) in [4.78, 5) is 15.0. The summed E-state index contributed by atoms with van der Waals surface area (Å²) in [5.74, 6) is 0. The molecule has 3 nitrogen and oxygen atoms in total. The van der Waals surface area contributed by atoms with Gasteiger partial charge in [0, 0.05) is 0 Å². The maximum Gasteiger partial charge on any atom is 0.180 e. The van der Waals surface area contributed by atoms with Gasteiger partial charge in [0.15, 0.2) is 5.13 Å². The van der Waals surface area contributed by atoms with Gasteiger partial charge in [0.2, 0.25) is 0 Å². The van der Waals surface area contributed by atoms with Gasteiger partial charge in [0.1, 0.15) is 11.1 Å². The number of aryl methyl sites for hydroxylation is 1. The third-order valence-electron chi connectivity index (χ3n) is 1.22. The Kier molecular flexibility index (Phi) is 2.62. The first kappa shape index (κ1) is 8.67. The first-order chi connectivity index (χ1) is 5.15.